The quantitative estimate of drug-likeness (QED) is 0.719. The fourth-order valence-electron chi connectivity index (χ4n) is 6.62. The molecule has 4 atom stereocenters. The van der Waals surface area contributed by atoms with Crippen molar-refractivity contribution in [2.45, 2.75) is 56.7 Å². The minimum atomic E-state index is -0.666. The number of nitrogens with one attached hydrogen (secondary N) is 1. The summed E-state index contributed by atoms with van der Waals surface area (Å²) in [6, 6.07) is 8.47. The Morgan fingerprint density at radius 3 is 2.78 bits per heavy atom. The number of quaternary nitrogens is 1. The van der Waals surface area contributed by atoms with E-state index in [0.717, 1.165) is 29.4 Å². The van der Waals surface area contributed by atoms with Gasteiger partial charge in [0.05, 0.1) is 19.6 Å². The third-order valence-electron chi connectivity index (χ3n) is 7.81. The molecule has 4 heterocycles. The summed E-state index contributed by atoms with van der Waals surface area (Å²) in [7, 11) is 0. The molecule has 23 heavy (non-hydrogen) atoms. The molecule has 4 aliphatic rings. The van der Waals surface area contributed by atoms with Gasteiger partial charge >= 0.3 is 0 Å². The Morgan fingerprint density at radius 1 is 1.13 bits per heavy atom. The Hall–Kier alpha value is -0.770. The highest BCUT2D eigenvalue weighted by atomic mass is 35.5. The number of hydrogen-bond donors (Lipinski definition) is 2. The molecule has 3 fully saturated rings. The molecule has 0 radical (unpaired) electrons. The second kappa shape index (κ2) is 4.65. The first-order valence-electron chi connectivity index (χ1n) is 9.05. The van der Waals surface area contributed by atoms with Gasteiger partial charge in [-0.1, -0.05) is 25.1 Å². The van der Waals surface area contributed by atoms with Crippen molar-refractivity contribution in [1.29, 1.82) is 0 Å². The van der Waals surface area contributed by atoms with Gasteiger partial charge in [0.15, 0.2) is 5.60 Å². The summed E-state index contributed by atoms with van der Waals surface area (Å²) in [6.45, 7) is 6.02. The van der Waals surface area contributed by atoms with Gasteiger partial charge in [-0.25, -0.2) is 0 Å². The molecule has 4 heteroatoms. The highest BCUT2D eigenvalue weighted by Gasteiger charge is 2.76. The zero-order valence-electron chi connectivity index (χ0n) is 13.9. The van der Waals surface area contributed by atoms with Crippen molar-refractivity contribution in [3.05, 3.63) is 29.8 Å². The first-order valence-corrected chi connectivity index (χ1v) is 9.05. The van der Waals surface area contributed by atoms with Gasteiger partial charge in [-0.3, -0.25) is 4.48 Å². The Labute approximate surface area is 145 Å². The van der Waals surface area contributed by atoms with Crippen LogP contribution in [0.1, 0.15) is 51.0 Å². The second-order valence-corrected chi connectivity index (χ2v) is 8.35. The average molecular weight is 335 g/mol. The zero-order chi connectivity index (χ0) is 15.1. The van der Waals surface area contributed by atoms with Crippen LogP contribution in [0.25, 0.3) is 0 Å². The zero-order valence-corrected chi connectivity index (χ0v) is 14.7. The number of aliphatic hydroxyl groups is 1. The van der Waals surface area contributed by atoms with Crippen LogP contribution in [-0.4, -0.2) is 34.9 Å². The van der Waals surface area contributed by atoms with E-state index in [1.807, 2.05) is 0 Å². The number of anilines is 1. The highest BCUT2D eigenvalue weighted by molar-refractivity contribution is 5.63. The largest absolute Gasteiger partial charge is 1.00 e. The maximum Gasteiger partial charge on any atom is 0.206 e. The van der Waals surface area contributed by atoms with Crippen LogP contribution >= 0.6 is 0 Å². The molecule has 5 rings (SSSR count). The van der Waals surface area contributed by atoms with E-state index in [9.17, 15) is 5.11 Å². The Bertz CT molecular complexity index is 652. The summed E-state index contributed by atoms with van der Waals surface area (Å²) in [5, 5.41) is 15.6. The minimum absolute atomic E-state index is 0. The van der Waals surface area contributed by atoms with E-state index in [4.69, 9.17) is 0 Å². The maximum absolute atomic E-state index is 11.8. The van der Waals surface area contributed by atoms with Gasteiger partial charge in [-0.15, -0.1) is 0 Å². The first-order chi connectivity index (χ1) is 10.6. The summed E-state index contributed by atoms with van der Waals surface area (Å²) in [4.78, 5) is 0. The topological polar surface area (TPSA) is 32.3 Å². The predicted molar refractivity (Wildman–Crippen MR) is 87.4 cm³/mol. The Kier molecular flexibility index (Phi) is 3.18. The lowest BCUT2D eigenvalue weighted by molar-refractivity contribution is -0.981. The normalized spacial score (nSPS) is 46.2. The highest BCUT2D eigenvalue weighted by Crippen LogP contribution is 2.64. The number of piperidine rings is 2. The van der Waals surface area contributed by atoms with Gasteiger partial charge in [0, 0.05) is 29.5 Å². The Balaban J connectivity index is 0.00000135. The predicted octanol–water partition coefficient (Wildman–Crippen LogP) is 0.205. The van der Waals surface area contributed by atoms with Crippen molar-refractivity contribution < 1.29 is 22.0 Å². The summed E-state index contributed by atoms with van der Waals surface area (Å²) < 4.78 is 1.12. The molecule has 3 nitrogen and oxygen atoms in total. The van der Waals surface area contributed by atoms with Gasteiger partial charge in [0.25, 0.3) is 0 Å². The maximum atomic E-state index is 11.8. The number of nitrogens with zero attached hydrogens (tertiary/aromatic N) is 1. The third-order valence-corrected chi connectivity index (χ3v) is 7.81. The number of hydrogen-bond acceptors (Lipinski definition) is 2. The molecule has 0 aromatic heterocycles. The van der Waals surface area contributed by atoms with E-state index in [-0.39, 0.29) is 18.1 Å². The average Bonchev–Trinajstić information content (AvgIpc) is 2.94. The molecule has 0 saturated carbocycles. The fraction of sp³-hybridized carbons (Fsp3) is 0.684. The van der Waals surface area contributed by atoms with Gasteiger partial charge < -0.3 is 22.8 Å². The van der Waals surface area contributed by atoms with Crippen molar-refractivity contribution in [2.24, 2.45) is 5.41 Å². The van der Waals surface area contributed by atoms with E-state index in [1.54, 1.807) is 0 Å². The van der Waals surface area contributed by atoms with Crippen LogP contribution in [-0.2, 0) is 5.60 Å². The fourth-order valence-corrected chi connectivity index (χ4v) is 6.62. The summed E-state index contributed by atoms with van der Waals surface area (Å²) in [5.41, 5.74) is 2.04. The molecule has 1 aromatic carbocycles. The van der Waals surface area contributed by atoms with E-state index in [2.05, 4.69) is 36.5 Å². The van der Waals surface area contributed by atoms with Crippen molar-refractivity contribution in [3.63, 3.8) is 0 Å². The molecule has 0 unspecified atom stereocenters. The van der Waals surface area contributed by atoms with Crippen LogP contribution in [0.4, 0.5) is 5.69 Å². The third kappa shape index (κ3) is 1.59. The summed E-state index contributed by atoms with van der Waals surface area (Å²) >= 11 is 0. The van der Waals surface area contributed by atoms with Crippen molar-refractivity contribution in [3.8, 4) is 0 Å². The number of fused-ring (bicyclic) bond motifs is 3. The molecule has 126 valence electrons. The molecule has 2 N–H and O–H groups in total. The molecule has 4 aliphatic heterocycles. The SMILES string of the molecule is CC[C@]12CCC[N@@+]3(CC[C@]4(O)c5ccccc5N[C@@]43CC1)C2.[Cl-]. The molecular weight excluding hydrogens is 308 g/mol. The smallest absolute Gasteiger partial charge is 0.206 e. The molecule has 3 saturated heterocycles. The van der Waals surface area contributed by atoms with E-state index >= 15 is 0 Å². The molecule has 0 aliphatic carbocycles. The van der Waals surface area contributed by atoms with E-state index < -0.39 is 5.60 Å². The molecule has 1 aromatic rings. The molecule has 2 spiro atoms. The van der Waals surface area contributed by atoms with Crippen molar-refractivity contribution >= 4 is 5.69 Å². The van der Waals surface area contributed by atoms with Crippen LogP contribution in [0.15, 0.2) is 24.3 Å². The van der Waals surface area contributed by atoms with Crippen LogP contribution in [0.3, 0.4) is 0 Å². The van der Waals surface area contributed by atoms with Crippen molar-refractivity contribution in [2.75, 3.05) is 25.0 Å². The monoisotopic (exact) mass is 334 g/mol. The lowest BCUT2D eigenvalue weighted by Gasteiger charge is -2.61. The molecular formula is C19H27ClN2O. The number of para-hydroxylation sites is 1. The molecule has 2 bridgehead atoms. The van der Waals surface area contributed by atoms with Gasteiger partial charge in [0.1, 0.15) is 0 Å². The second-order valence-electron chi connectivity index (χ2n) is 8.35. The molecule has 0 amide bonds. The van der Waals surface area contributed by atoms with Crippen molar-refractivity contribution in [1.82, 2.24) is 0 Å². The lowest BCUT2D eigenvalue weighted by atomic mass is 9.65. The van der Waals surface area contributed by atoms with Gasteiger partial charge in [-0.2, -0.15) is 0 Å². The van der Waals surface area contributed by atoms with Crippen LogP contribution in [0.5, 0.6) is 0 Å². The van der Waals surface area contributed by atoms with Gasteiger partial charge in [-0.05, 0) is 31.7 Å². The van der Waals surface area contributed by atoms with Crippen LogP contribution in [0, 0.1) is 5.41 Å². The number of rotatable bonds is 1. The van der Waals surface area contributed by atoms with E-state index in [1.165, 1.54) is 44.5 Å². The van der Waals surface area contributed by atoms with Crippen LogP contribution < -0.4 is 17.7 Å². The Morgan fingerprint density at radius 2 is 1.96 bits per heavy atom. The van der Waals surface area contributed by atoms with E-state index in [0.29, 0.717) is 5.41 Å². The minimum Gasteiger partial charge on any atom is -1.00 e. The van der Waals surface area contributed by atoms with Crippen LogP contribution in [0.2, 0.25) is 0 Å². The van der Waals surface area contributed by atoms with Gasteiger partial charge in [0.2, 0.25) is 5.66 Å². The number of benzene rings is 1. The first kappa shape index (κ1) is 15.7. The summed E-state index contributed by atoms with van der Waals surface area (Å²) in [6.07, 6.45) is 7.32. The summed E-state index contributed by atoms with van der Waals surface area (Å²) in [5.74, 6) is 0. The standard InChI is InChI=1S/C19H27N2O.ClH/c1-2-17-8-5-12-21(14-17)13-11-18(22)15-6-3-4-7-16(15)20-19(18,21)10-9-17;/h3-4,6-7,20,22H,2,5,8-14H2,1H3;1H/q+1;/p-1/t17-,18-,19+,21+;/m0./s1. The number of halogens is 1. The lowest BCUT2D eigenvalue weighted by Crippen LogP contribution is -3.00.